The summed E-state index contributed by atoms with van der Waals surface area (Å²) in [5.41, 5.74) is 13.4. The second-order valence-corrected chi connectivity index (χ2v) is 8.35. The molecule has 0 saturated carbocycles. The van der Waals surface area contributed by atoms with Gasteiger partial charge in [-0.25, -0.2) is 15.0 Å². The highest BCUT2D eigenvalue weighted by molar-refractivity contribution is 7.80. The average molecular weight is 443 g/mol. The van der Waals surface area contributed by atoms with Gasteiger partial charge in [0.15, 0.2) is 23.5 Å². The summed E-state index contributed by atoms with van der Waals surface area (Å²) in [6.45, 7) is 4.02. The van der Waals surface area contributed by atoms with Crippen LogP contribution in [-0.2, 0) is 14.2 Å². The average Bonchev–Trinajstić information content (AvgIpc) is 3.38. The molecular weight excluding hydrogens is 420 g/mol. The molecule has 0 radical (unpaired) electrons. The maximum Gasteiger partial charge on any atom is 0.167 e. The van der Waals surface area contributed by atoms with Crippen LogP contribution < -0.4 is 16.2 Å². The van der Waals surface area contributed by atoms with Crippen molar-refractivity contribution in [1.29, 1.82) is 0 Å². The summed E-state index contributed by atoms with van der Waals surface area (Å²) in [4.78, 5) is 13.0. The Labute approximate surface area is 183 Å². The zero-order chi connectivity index (χ0) is 21.8. The van der Waals surface area contributed by atoms with Crippen LogP contribution >= 0.6 is 12.2 Å². The number of hydrogen-bond donors (Lipinski definition) is 2. The van der Waals surface area contributed by atoms with Crippen molar-refractivity contribution in [3.63, 3.8) is 0 Å². The number of ether oxygens (including phenoxy) is 4. The SMILES string of the molecule is CC1(C)O[C@@H]2[C@H](O1)[C@@H](COc1ccc(C(N)=S)cc1)O[C@H]2n1cnc2c(N)ncnc21. The number of benzene rings is 1. The van der Waals surface area contributed by atoms with Gasteiger partial charge in [-0.3, -0.25) is 4.57 Å². The Balaban J connectivity index is 1.39. The van der Waals surface area contributed by atoms with Crippen LogP contribution in [0.5, 0.6) is 5.75 Å². The van der Waals surface area contributed by atoms with E-state index in [0.717, 1.165) is 5.56 Å². The molecule has 0 unspecified atom stereocenters. The summed E-state index contributed by atoms with van der Waals surface area (Å²) < 4.78 is 26.4. The van der Waals surface area contributed by atoms with Gasteiger partial charge in [-0.05, 0) is 38.1 Å². The van der Waals surface area contributed by atoms with E-state index in [9.17, 15) is 0 Å². The zero-order valence-corrected chi connectivity index (χ0v) is 17.8. The van der Waals surface area contributed by atoms with Gasteiger partial charge in [-0.2, -0.15) is 0 Å². The first-order valence-corrected chi connectivity index (χ1v) is 10.2. The fraction of sp³-hybridized carbons (Fsp3) is 0.400. The van der Waals surface area contributed by atoms with Crippen LogP contribution in [0, 0.1) is 0 Å². The maximum atomic E-state index is 6.30. The molecule has 4 N–H and O–H groups in total. The van der Waals surface area contributed by atoms with Gasteiger partial charge in [0.2, 0.25) is 0 Å². The van der Waals surface area contributed by atoms with Crippen LogP contribution in [0.2, 0.25) is 0 Å². The second-order valence-electron chi connectivity index (χ2n) is 7.91. The number of hydrogen-bond acceptors (Lipinski definition) is 9. The molecule has 31 heavy (non-hydrogen) atoms. The maximum absolute atomic E-state index is 6.30. The van der Waals surface area contributed by atoms with E-state index < -0.39 is 12.0 Å². The van der Waals surface area contributed by atoms with E-state index in [0.29, 0.717) is 27.7 Å². The number of anilines is 1. The monoisotopic (exact) mass is 442 g/mol. The molecule has 4 heterocycles. The number of fused-ring (bicyclic) bond motifs is 2. The van der Waals surface area contributed by atoms with Gasteiger partial charge >= 0.3 is 0 Å². The minimum absolute atomic E-state index is 0.271. The molecule has 0 amide bonds. The van der Waals surface area contributed by atoms with Gasteiger partial charge in [-0.1, -0.05) is 12.2 Å². The highest BCUT2D eigenvalue weighted by Crippen LogP contribution is 2.44. The first-order valence-electron chi connectivity index (χ1n) is 9.79. The first-order chi connectivity index (χ1) is 14.8. The lowest BCUT2D eigenvalue weighted by Crippen LogP contribution is -2.33. The lowest BCUT2D eigenvalue weighted by atomic mass is 10.1. The fourth-order valence-corrected chi connectivity index (χ4v) is 4.10. The van der Waals surface area contributed by atoms with Gasteiger partial charge in [0.1, 0.15) is 47.5 Å². The molecule has 3 aromatic rings. The molecule has 2 fully saturated rings. The lowest BCUT2D eigenvalue weighted by molar-refractivity contribution is -0.198. The number of nitrogens with two attached hydrogens (primary N) is 2. The first kappa shape index (κ1) is 20.1. The third kappa shape index (κ3) is 3.59. The van der Waals surface area contributed by atoms with Crippen LogP contribution in [0.15, 0.2) is 36.9 Å². The summed E-state index contributed by atoms with van der Waals surface area (Å²) in [5.74, 6) is 0.233. The standard InChI is InChI=1S/C20H22N6O4S/c1-20(2)29-14-12(7-27-11-5-3-10(4-6-11)17(22)31)28-19(15(14)30-20)26-9-25-13-16(21)23-8-24-18(13)26/h3-6,8-9,12,14-15,19H,7H2,1-2H3,(H2,22,31)(H2,21,23,24)/t12-,14-,15-,19-/m1/s1. The van der Waals surface area contributed by atoms with Crippen LogP contribution in [0.25, 0.3) is 11.2 Å². The molecule has 0 bridgehead atoms. The predicted octanol–water partition coefficient (Wildman–Crippen LogP) is 1.54. The Morgan fingerprint density at radius 2 is 1.90 bits per heavy atom. The predicted molar refractivity (Wildman–Crippen MR) is 115 cm³/mol. The molecular formula is C20H22N6O4S. The Bertz CT molecular complexity index is 1130. The van der Waals surface area contributed by atoms with Crippen LogP contribution in [0.4, 0.5) is 5.82 Å². The van der Waals surface area contributed by atoms with E-state index in [1.807, 2.05) is 38.1 Å². The van der Waals surface area contributed by atoms with E-state index in [-0.39, 0.29) is 24.9 Å². The minimum atomic E-state index is -0.752. The van der Waals surface area contributed by atoms with Crippen molar-refractivity contribution in [3.8, 4) is 5.75 Å². The van der Waals surface area contributed by atoms with Crippen molar-refractivity contribution in [2.24, 2.45) is 5.73 Å². The molecule has 2 aromatic heterocycles. The van der Waals surface area contributed by atoms with Crippen molar-refractivity contribution < 1.29 is 18.9 Å². The third-order valence-corrected chi connectivity index (χ3v) is 5.58. The molecule has 4 atom stereocenters. The largest absolute Gasteiger partial charge is 0.491 e. The van der Waals surface area contributed by atoms with Crippen LogP contribution in [0.3, 0.4) is 0 Å². The molecule has 5 rings (SSSR count). The second kappa shape index (κ2) is 7.38. The molecule has 1 aromatic carbocycles. The zero-order valence-electron chi connectivity index (χ0n) is 17.0. The molecule has 2 saturated heterocycles. The van der Waals surface area contributed by atoms with E-state index in [2.05, 4.69) is 15.0 Å². The number of rotatable bonds is 5. The highest BCUT2D eigenvalue weighted by Gasteiger charge is 2.56. The normalized spacial score (nSPS) is 26.8. The number of nitrogen functional groups attached to an aromatic ring is 1. The fourth-order valence-electron chi connectivity index (χ4n) is 3.97. The molecule has 162 valence electrons. The summed E-state index contributed by atoms with van der Waals surface area (Å²) in [5, 5.41) is 0. The molecule has 0 aliphatic carbocycles. The minimum Gasteiger partial charge on any atom is -0.491 e. The van der Waals surface area contributed by atoms with E-state index in [1.165, 1.54) is 6.33 Å². The molecule has 2 aliphatic heterocycles. The summed E-state index contributed by atoms with van der Waals surface area (Å²) in [7, 11) is 0. The third-order valence-electron chi connectivity index (χ3n) is 5.34. The van der Waals surface area contributed by atoms with Crippen LogP contribution in [-0.4, -0.2) is 55.2 Å². The van der Waals surface area contributed by atoms with E-state index in [1.54, 1.807) is 10.9 Å². The van der Waals surface area contributed by atoms with Gasteiger partial charge < -0.3 is 30.4 Å². The topological polar surface area (TPSA) is 133 Å². The van der Waals surface area contributed by atoms with Gasteiger partial charge in [0.25, 0.3) is 0 Å². The van der Waals surface area contributed by atoms with Gasteiger partial charge in [0, 0.05) is 5.56 Å². The summed E-state index contributed by atoms with van der Waals surface area (Å²) in [6, 6.07) is 7.27. The number of imidazole rings is 1. The quantitative estimate of drug-likeness (QED) is 0.561. The van der Waals surface area contributed by atoms with E-state index >= 15 is 0 Å². The van der Waals surface area contributed by atoms with Crippen molar-refractivity contribution in [2.75, 3.05) is 12.3 Å². The molecule has 2 aliphatic rings. The van der Waals surface area contributed by atoms with Crippen molar-refractivity contribution in [3.05, 3.63) is 42.5 Å². The van der Waals surface area contributed by atoms with Crippen molar-refractivity contribution >= 4 is 34.2 Å². The Hall–Kier alpha value is -2.86. The van der Waals surface area contributed by atoms with Crippen LogP contribution in [0.1, 0.15) is 25.6 Å². The number of aromatic nitrogens is 4. The lowest BCUT2D eigenvalue weighted by Gasteiger charge is -2.24. The Kier molecular flexibility index (Phi) is 4.77. The smallest absolute Gasteiger partial charge is 0.167 e. The summed E-state index contributed by atoms with van der Waals surface area (Å²) in [6.07, 6.45) is 1.46. The summed E-state index contributed by atoms with van der Waals surface area (Å²) >= 11 is 4.99. The number of thiocarbonyl (C=S) groups is 1. The van der Waals surface area contributed by atoms with Crippen molar-refractivity contribution in [2.45, 2.75) is 44.2 Å². The Morgan fingerprint density at radius 1 is 1.16 bits per heavy atom. The molecule has 10 nitrogen and oxygen atoms in total. The van der Waals surface area contributed by atoms with E-state index in [4.69, 9.17) is 42.6 Å². The highest BCUT2D eigenvalue weighted by atomic mass is 32.1. The Morgan fingerprint density at radius 3 is 2.65 bits per heavy atom. The van der Waals surface area contributed by atoms with Crippen molar-refractivity contribution in [1.82, 2.24) is 19.5 Å². The van der Waals surface area contributed by atoms with Gasteiger partial charge in [0.05, 0.1) is 6.33 Å². The molecule has 11 heteroatoms. The number of nitrogens with zero attached hydrogens (tertiary/aromatic N) is 4. The van der Waals surface area contributed by atoms with Gasteiger partial charge in [-0.15, -0.1) is 0 Å². The molecule has 0 spiro atoms.